The van der Waals surface area contributed by atoms with Gasteiger partial charge in [0.2, 0.25) is 0 Å². The quantitative estimate of drug-likeness (QED) is 0.653. The zero-order valence-electron chi connectivity index (χ0n) is 10.4. The summed E-state index contributed by atoms with van der Waals surface area (Å²) in [6.45, 7) is 7.69. The van der Waals surface area contributed by atoms with Crippen LogP contribution in [0, 0.1) is 5.92 Å². The van der Waals surface area contributed by atoms with Gasteiger partial charge in [0.15, 0.2) is 9.84 Å². The second-order valence-corrected chi connectivity index (χ2v) is 6.60. The summed E-state index contributed by atoms with van der Waals surface area (Å²) in [5.74, 6) is 0.245. The maximum atomic E-state index is 11.6. The summed E-state index contributed by atoms with van der Waals surface area (Å²) in [6.07, 6.45) is 4.41. The fourth-order valence-corrected chi connectivity index (χ4v) is 3.24. The summed E-state index contributed by atoms with van der Waals surface area (Å²) in [5.41, 5.74) is 0. The Balaban J connectivity index is 4.32. The minimum Gasteiger partial charge on any atom is -0.315 e. The van der Waals surface area contributed by atoms with Crippen LogP contribution in [0.1, 0.15) is 40.0 Å². The van der Waals surface area contributed by atoms with Crippen LogP contribution in [-0.4, -0.2) is 33.0 Å². The molecule has 0 fully saturated rings. The van der Waals surface area contributed by atoms with E-state index >= 15 is 0 Å². The molecule has 3 nitrogen and oxygen atoms in total. The van der Waals surface area contributed by atoms with Gasteiger partial charge in [-0.3, -0.25) is 0 Å². The summed E-state index contributed by atoms with van der Waals surface area (Å²) in [6, 6.07) is 0. The first-order valence-electron chi connectivity index (χ1n) is 5.83. The van der Waals surface area contributed by atoms with Crippen molar-refractivity contribution in [3.8, 4) is 0 Å². The Kier molecular flexibility index (Phi) is 7.18. The number of hydrogen-bond donors (Lipinski definition) is 1. The Hall–Kier alpha value is -0.0900. The summed E-state index contributed by atoms with van der Waals surface area (Å²) >= 11 is 0. The van der Waals surface area contributed by atoms with Crippen LogP contribution in [0.4, 0.5) is 0 Å². The summed E-state index contributed by atoms with van der Waals surface area (Å²) in [5, 5.41) is 2.97. The molecule has 0 rings (SSSR count). The molecule has 2 atom stereocenters. The van der Waals surface area contributed by atoms with Crippen molar-refractivity contribution in [2.45, 2.75) is 45.3 Å². The molecule has 0 saturated carbocycles. The van der Waals surface area contributed by atoms with Crippen molar-refractivity contribution in [2.75, 3.05) is 19.3 Å². The average molecular weight is 235 g/mol. The van der Waals surface area contributed by atoms with E-state index < -0.39 is 9.84 Å². The second-order valence-electron chi connectivity index (χ2n) is 4.34. The van der Waals surface area contributed by atoms with Crippen molar-refractivity contribution in [1.82, 2.24) is 5.32 Å². The molecule has 0 heterocycles. The third-order valence-electron chi connectivity index (χ3n) is 2.70. The zero-order chi connectivity index (χ0) is 11.9. The molecule has 0 amide bonds. The number of sulfone groups is 1. The molecule has 0 saturated heterocycles. The van der Waals surface area contributed by atoms with Crippen LogP contribution in [0.5, 0.6) is 0 Å². The van der Waals surface area contributed by atoms with Crippen molar-refractivity contribution in [2.24, 2.45) is 5.92 Å². The Labute approximate surface area is 94.6 Å². The molecule has 0 aromatic heterocycles. The topological polar surface area (TPSA) is 46.2 Å². The van der Waals surface area contributed by atoms with Gasteiger partial charge in [0.05, 0.1) is 5.25 Å². The Morgan fingerprint density at radius 1 is 1.20 bits per heavy atom. The van der Waals surface area contributed by atoms with E-state index in [1.807, 2.05) is 6.92 Å². The number of nitrogens with one attached hydrogen (secondary N) is 1. The lowest BCUT2D eigenvalue weighted by molar-refractivity contribution is 0.454. The molecule has 0 aliphatic heterocycles. The minimum atomic E-state index is -2.93. The highest BCUT2D eigenvalue weighted by Gasteiger charge is 2.25. The second kappa shape index (κ2) is 7.23. The smallest absolute Gasteiger partial charge is 0.151 e. The van der Waals surface area contributed by atoms with E-state index in [-0.39, 0.29) is 11.2 Å². The highest BCUT2D eigenvalue weighted by atomic mass is 32.2. The maximum Gasteiger partial charge on any atom is 0.151 e. The van der Waals surface area contributed by atoms with Gasteiger partial charge in [0.25, 0.3) is 0 Å². The zero-order valence-corrected chi connectivity index (χ0v) is 11.2. The Morgan fingerprint density at radius 2 is 1.80 bits per heavy atom. The van der Waals surface area contributed by atoms with Gasteiger partial charge in [-0.25, -0.2) is 8.42 Å². The van der Waals surface area contributed by atoms with Crippen molar-refractivity contribution >= 4 is 9.84 Å². The van der Waals surface area contributed by atoms with Crippen LogP contribution >= 0.6 is 0 Å². The molecule has 0 aromatic carbocycles. The predicted molar refractivity (Wildman–Crippen MR) is 65.9 cm³/mol. The van der Waals surface area contributed by atoms with Crippen molar-refractivity contribution in [3.63, 3.8) is 0 Å². The van der Waals surface area contributed by atoms with Gasteiger partial charge in [-0.15, -0.1) is 0 Å². The molecular weight excluding hydrogens is 210 g/mol. The fourth-order valence-electron chi connectivity index (χ4n) is 1.84. The molecule has 92 valence electrons. The van der Waals surface area contributed by atoms with E-state index in [0.29, 0.717) is 6.54 Å². The first-order chi connectivity index (χ1) is 6.93. The van der Waals surface area contributed by atoms with E-state index in [2.05, 4.69) is 19.2 Å². The van der Waals surface area contributed by atoms with E-state index in [1.54, 1.807) is 0 Å². The normalized spacial score (nSPS) is 16.3. The Bertz CT molecular complexity index is 249. The predicted octanol–water partition coefficient (Wildman–Crippen LogP) is 1.84. The molecule has 0 spiro atoms. The van der Waals surface area contributed by atoms with Crippen LogP contribution in [0.15, 0.2) is 0 Å². The summed E-state index contributed by atoms with van der Waals surface area (Å²) in [4.78, 5) is 0. The third kappa shape index (κ3) is 6.15. The number of rotatable bonds is 8. The van der Waals surface area contributed by atoms with Crippen LogP contribution in [0.25, 0.3) is 0 Å². The largest absolute Gasteiger partial charge is 0.315 e. The van der Waals surface area contributed by atoms with Gasteiger partial charge in [-0.05, 0) is 25.3 Å². The molecule has 0 radical (unpaired) electrons. The molecular formula is C11H25NO2S. The highest BCUT2D eigenvalue weighted by molar-refractivity contribution is 7.91. The molecule has 15 heavy (non-hydrogen) atoms. The van der Waals surface area contributed by atoms with Crippen LogP contribution in [0.3, 0.4) is 0 Å². The average Bonchev–Trinajstić information content (AvgIpc) is 2.10. The monoisotopic (exact) mass is 235 g/mol. The molecule has 1 N–H and O–H groups in total. The summed E-state index contributed by atoms with van der Waals surface area (Å²) in [7, 11) is -2.93. The first-order valence-corrected chi connectivity index (χ1v) is 7.78. The molecule has 0 aliphatic rings. The van der Waals surface area contributed by atoms with Gasteiger partial charge in [-0.2, -0.15) is 0 Å². The van der Waals surface area contributed by atoms with Gasteiger partial charge in [0.1, 0.15) is 0 Å². The molecule has 0 aromatic rings. The van der Waals surface area contributed by atoms with Crippen molar-refractivity contribution in [3.05, 3.63) is 0 Å². The lowest BCUT2D eigenvalue weighted by atomic mass is 10.0. The standard InChI is InChI=1S/C11H25NO2S/c1-5-7-10(3)11(15(4,13)14)9-12-8-6-2/h10-12H,5-9H2,1-4H3. The lowest BCUT2D eigenvalue weighted by Crippen LogP contribution is -2.38. The lowest BCUT2D eigenvalue weighted by Gasteiger charge is -2.22. The van der Waals surface area contributed by atoms with Crippen LogP contribution < -0.4 is 5.32 Å². The number of hydrogen-bond acceptors (Lipinski definition) is 3. The van der Waals surface area contributed by atoms with E-state index in [0.717, 1.165) is 25.8 Å². The molecule has 2 unspecified atom stereocenters. The van der Waals surface area contributed by atoms with Crippen LogP contribution in [0.2, 0.25) is 0 Å². The molecule has 0 aliphatic carbocycles. The van der Waals surface area contributed by atoms with Gasteiger partial charge < -0.3 is 5.32 Å². The van der Waals surface area contributed by atoms with Gasteiger partial charge in [-0.1, -0.05) is 27.2 Å². The first kappa shape index (κ1) is 14.9. The van der Waals surface area contributed by atoms with Gasteiger partial charge >= 0.3 is 0 Å². The van der Waals surface area contributed by atoms with Crippen molar-refractivity contribution < 1.29 is 8.42 Å². The van der Waals surface area contributed by atoms with E-state index in [1.165, 1.54) is 6.26 Å². The molecule has 4 heteroatoms. The maximum absolute atomic E-state index is 11.6. The van der Waals surface area contributed by atoms with E-state index in [9.17, 15) is 8.42 Å². The third-order valence-corrected chi connectivity index (χ3v) is 4.43. The molecule has 0 bridgehead atoms. The summed E-state index contributed by atoms with van der Waals surface area (Å²) < 4.78 is 23.2. The Morgan fingerprint density at radius 3 is 2.20 bits per heavy atom. The van der Waals surface area contributed by atoms with Crippen molar-refractivity contribution in [1.29, 1.82) is 0 Å². The SMILES string of the molecule is CCCNCC(C(C)CCC)S(C)(=O)=O. The van der Waals surface area contributed by atoms with Gasteiger partial charge in [0, 0.05) is 12.8 Å². The fraction of sp³-hybridized carbons (Fsp3) is 1.00. The minimum absolute atomic E-state index is 0.232. The highest BCUT2D eigenvalue weighted by Crippen LogP contribution is 2.16. The van der Waals surface area contributed by atoms with Crippen LogP contribution in [-0.2, 0) is 9.84 Å². The van der Waals surface area contributed by atoms with E-state index in [4.69, 9.17) is 0 Å².